The smallest absolute Gasteiger partial charge is 0.275 e. The molecule has 0 aliphatic heterocycles. The topological polar surface area (TPSA) is 42.8 Å². The van der Waals surface area contributed by atoms with Crippen LogP contribution < -0.4 is 15.0 Å². The fourth-order valence-corrected chi connectivity index (χ4v) is 2.53. The summed E-state index contributed by atoms with van der Waals surface area (Å²) in [5, 5.41) is 2.98. The summed E-state index contributed by atoms with van der Waals surface area (Å²) >= 11 is 0. The second kappa shape index (κ2) is 8.96. The number of quaternary nitrogens is 1. The Balaban J connectivity index is 1.85. The van der Waals surface area contributed by atoms with Crippen molar-refractivity contribution in [1.82, 2.24) is 5.32 Å². The van der Waals surface area contributed by atoms with E-state index < -0.39 is 0 Å². The molecule has 2 N–H and O–H groups in total. The van der Waals surface area contributed by atoms with Crippen molar-refractivity contribution in [1.29, 1.82) is 0 Å². The van der Waals surface area contributed by atoms with E-state index in [1.54, 1.807) is 7.11 Å². The highest BCUT2D eigenvalue weighted by Gasteiger charge is 2.13. The minimum atomic E-state index is 0.0590. The summed E-state index contributed by atoms with van der Waals surface area (Å²) in [5.74, 6) is 0.862. The van der Waals surface area contributed by atoms with Gasteiger partial charge in [-0.2, -0.15) is 0 Å². The van der Waals surface area contributed by atoms with Crippen LogP contribution in [-0.2, 0) is 17.9 Å². The highest BCUT2D eigenvalue weighted by molar-refractivity contribution is 5.76. The standard InChI is InChI=1S/C19H24N2O2/c1-3-21(14-16-9-5-4-6-10-16)15-19(22)20-13-17-11-7-8-12-18(17)23-2/h4-12H,3,13-15H2,1-2H3,(H,20,22)/p+1. The van der Waals surface area contributed by atoms with E-state index in [1.165, 1.54) is 10.5 Å². The number of ether oxygens (including phenoxy) is 1. The minimum absolute atomic E-state index is 0.0590. The lowest BCUT2D eigenvalue weighted by Gasteiger charge is -2.17. The molecule has 0 bridgehead atoms. The molecule has 0 fully saturated rings. The van der Waals surface area contributed by atoms with Crippen LogP contribution in [0.2, 0.25) is 0 Å². The fourth-order valence-electron chi connectivity index (χ4n) is 2.53. The van der Waals surface area contributed by atoms with Crippen molar-refractivity contribution >= 4 is 5.91 Å². The zero-order valence-corrected chi connectivity index (χ0v) is 13.8. The molecule has 0 aliphatic carbocycles. The molecule has 23 heavy (non-hydrogen) atoms. The molecule has 2 rings (SSSR count). The number of hydrogen-bond donors (Lipinski definition) is 2. The summed E-state index contributed by atoms with van der Waals surface area (Å²) in [6.45, 7) is 4.84. The minimum Gasteiger partial charge on any atom is -0.496 e. The van der Waals surface area contributed by atoms with Gasteiger partial charge in [0.25, 0.3) is 5.91 Å². The SMILES string of the molecule is CC[NH+](CC(=O)NCc1ccccc1OC)Cc1ccccc1. The van der Waals surface area contributed by atoms with Crippen molar-refractivity contribution in [3.8, 4) is 5.75 Å². The zero-order valence-electron chi connectivity index (χ0n) is 13.8. The van der Waals surface area contributed by atoms with Crippen molar-refractivity contribution in [2.45, 2.75) is 20.0 Å². The molecule has 0 aliphatic rings. The van der Waals surface area contributed by atoms with E-state index in [2.05, 4.69) is 24.4 Å². The van der Waals surface area contributed by atoms with E-state index in [0.29, 0.717) is 13.1 Å². The van der Waals surface area contributed by atoms with Crippen molar-refractivity contribution in [2.75, 3.05) is 20.2 Å². The van der Waals surface area contributed by atoms with Gasteiger partial charge in [0.2, 0.25) is 0 Å². The van der Waals surface area contributed by atoms with Gasteiger partial charge in [-0.1, -0.05) is 48.5 Å². The van der Waals surface area contributed by atoms with Crippen LogP contribution >= 0.6 is 0 Å². The van der Waals surface area contributed by atoms with Gasteiger partial charge in [-0.25, -0.2) is 0 Å². The highest BCUT2D eigenvalue weighted by Crippen LogP contribution is 2.16. The van der Waals surface area contributed by atoms with Crippen molar-refractivity contribution in [3.05, 3.63) is 65.7 Å². The normalized spacial score (nSPS) is 11.7. The number of carbonyl (C=O) groups excluding carboxylic acids is 1. The lowest BCUT2D eigenvalue weighted by atomic mass is 10.2. The second-order valence-corrected chi connectivity index (χ2v) is 5.53. The van der Waals surface area contributed by atoms with Gasteiger partial charge in [0.15, 0.2) is 6.54 Å². The molecular weight excluding hydrogens is 288 g/mol. The lowest BCUT2D eigenvalue weighted by Crippen LogP contribution is -3.11. The van der Waals surface area contributed by atoms with Crippen LogP contribution in [0.3, 0.4) is 0 Å². The number of benzene rings is 2. The number of amides is 1. The molecule has 1 atom stereocenters. The van der Waals surface area contributed by atoms with E-state index in [4.69, 9.17) is 4.74 Å². The molecule has 1 unspecified atom stereocenters. The Kier molecular flexibility index (Phi) is 6.63. The quantitative estimate of drug-likeness (QED) is 0.774. The van der Waals surface area contributed by atoms with Gasteiger partial charge in [-0.15, -0.1) is 0 Å². The second-order valence-electron chi connectivity index (χ2n) is 5.53. The third-order valence-corrected chi connectivity index (χ3v) is 3.88. The maximum atomic E-state index is 12.2. The third-order valence-electron chi connectivity index (χ3n) is 3.88. The van der Waals surface area contributed by atoms with E-state index in [-0.39, 0.29) is 5.91 Å². The largest absolute Gasteiger partial charge is 0.496 e. The first kappa shape index (κ1) is 17.0. The molecule has 0 aromatic heterocycles. The number of rotatable bonds is 8. The number of likely N-dealkylation sites (N-methyl/N-ethyl adjacent to an activating group) is 1. The Hall–Kier alpha value is -2.33. The van der Waals surface area contributed by atoms with Crippen LogP contribution in [0.5, 0.6) is 5.75 Å². The highest BCUT2D eigenvalue weighted by atomic mass is 16.5. The van der Waals surface area contributed by atoms with E-state index in [9.17, 15) is 4.79 Å². The summed E-state index contributed by atoms with van der Waals surface area (Å²) in [6, 6.07) is 18.0. The molecule has 0 saturated carbocycles. The van der Waals surface area contributed by atoms with Crippen molar-refractivity contribution in [3.63, 3.8) is 0 Å². The summed E-state index contributed by atoms with van der Waals surface area (Å²) in [6.07, 6.45) is 0. The first-order valence-corrected chi connectivity index (χ1v) is 7.99. The Bertz CT molecular complexity index is 614. The number of methoxy groups -OCH3 is 1. The van der Waals surface area contributed by atoms with E-state index >= 15 is 0 Å². The molecule has 1 amide bonds. The van der Waals surface area contributed by atoms with Gasteiger partial charge >= 0.3 is 0 Å². The van der Waals surface area contributed by atoms with Gasteiger partial charge in [-0.3, -0.25) is 4.79 Å². The third kappa shape index (κ3) is 5.42. The Morgan fingerprint density at radius 2 is 1.78 bits per heavy atom. The summed E-state index contributed by atoms with van der Waals surface area (Å²) < 4.78 is 5.30. The Morgan fingerprint density at radius 1 is 1.09 bits per heavy atom. The van der Waals surface area contributed by atoms with Crippen LogP contribution in [0.1, 0.15) is 18.1 Å². The Labute approximate surface area is 138 Å². The molecule has 0 spiro atoms. The molecule has 0 saturated heterocycles. The van der Waals surface area contributed by atoms with Crippen LogP contribution in [-0.4, -0.2) is 26.1 Å². The molecule has 0 heterocycles. The molecule has 2 aromatic rings. The van der Waals surface area contributed by atoms with Crippen molar-refractivity contribution in [2.24, 2.45) is 0 Å². The summed E-state index contributed by atoms with van der Waals surface area (Å²) in [5.41, 5.74) is 2.24. The predicted molar refractivity (Wildman–Crippen MR) is 91.4 cm³/mol. The van der Waals surface area contributed by atoms with Crippen LogP contribution in [0.4, 0.5) is 0 Å². The monoisotopic (exact) mass is 313 g/mol. The van der Waals surface area contributed by atoms with E-state index in [1.807, 2.05) is 42.5 Å². The van der Waals surface area contributed by atoms with Gasteiger partial charge < -0.3 is 15.0 Å². The average Bonchev–Trinajstić information content (AvgIpc) is 2.60. The maximum absolute atomic E-state index is 12.2. The van der Waals surface area contributed by atoms with Crippen LogP contribution in [0.25, 0.3) is 0 Å². The van der Waals surface area contributed by atoms with Gasteiger partial charge in [0, 0.05) is 17.7 Å². The summed E-state index contributed by atoms with van der Waals surface area (Å²) in [7, 11) is 1.64. The molecule has 4 nitrogen and oxygen atoms in total. The first-order valence-electron chi connectivity index (χ1n) is 7.99. The summed E-state index contributed by atoms with van der Waals surface area (Å²) in [4.78, 5) is 13.4. The number of carbonyl (C=O) groups is 1. The molecular formula is C19H25N2O2+. The maximum Gasteiger partial charge on any atom is 0.275 e. The lowest BCUT2D eigenvalue weighted by molar-refractivity contribution is -0.904. The van der Waals surface area contributed by atoms with Gasteiger partial charge in [0.1, 0.15) is 12.3 Å². The van der Waals surface area contributed by atoms with Gasteiger partial charge in [0.05, 0.1) is 13.7 Å². The Morgan fingerprint density at radius 3 is 2.48 bits per heavy atom. The first-order chi connectivity index (χ1) is 11.2. The van der Waals surface area contributed by atoms with E-state index in [0.717, 1.165) is 24.4 Å². The zero-order chi connectivity index (χ0) is 16.5. The van der Waals surface area contributed by atoms with Crippen LogP contribution in [0, 0.1) is 0 Å². The molecule has 4 heteroatoms. The number of hydrogen-bond acceptors (Lipinski definition) is 2. The fraction of sp³-hybridized carbons (Fsp3) is 0.316. The van der Waals surface area contributed by atoms with Gasteiger partial charge in [-0.05, 0) is 13.0 Å². The molecule has 0 radical (unpaired) electrons. The number of nitrogens with one attached hydrogen (secondary N) is 2. The number of para-hydroxylation sites is 1. The predicted octanol–water partition coefficient (Wildman–Crippen LogP) is 1.42. The molecule has 2 aromatic carbocycles. The van der Waals surface area contributed by atoms with Crippen molar-refractivity contribution < 1.29 is 14.4 Å². The molecule has 122 valence electrons. The average molecular weight is 313 g/mol. The van der Waals surface area contributed by atoms with Crippen LogP contribution in [0.15, 0.2) is 54.6 Å².